The van der Waals surface area contributed by atoms with E-state index in [-0.39, 0.29) is 11.8 Å². The number of carbonyl (C=O) groups excluding carboxylic acids is 1. The molecule has 0 saturated carbocycles. The van der Waals surface area contributed by atoms with Crippen LogP contribution in [0.4, 0.5) is 20.0 Å². The second-order valence-electron chi connectivity index (χ2n) is 6.04. The van der Waals surface area contributed by atoms with Gasteiger partial charge in [-0.05, 0) is 18.1 Å². The van der Waals surface area contributed by atoms with Crippen molar-refractivity contribution in [2.45, 2.75) is 33.6 Å². The van der Waals surface area contributed by atoms with E-state index in [4.69, 9.17) is 4.74 Å². The molecule has 24 heavy (non-hydrogen) atoms. The average molecular weight is 352 g/mol. The smallest absolute Gasteiger partial charge is 0.325 e. The summed E-state index contributed by atoms with van der Waals surface area (Å²) >= 11 is 1.11. The molecule has 1 aromatic carbocycles. The Morgan fingerprint density at radius 2 is 2.04 bits per heavy atom. The van der Waals surface area contributed by atoms with Gasteiger partial charge in [0.2, 0.25) is 5.13 Å². The lowest BCUT2D eigenvalue weighted by Gasteiger charge is -2.14. The first-order valence-corrected chi connectivity index (χ1v) is 8.46. The Morgan fingerprint density at radius 3 is 2.67 bits per heavy atom. The van der Waals surface area contributed by atoms with Crippen LogP contribution in [0.15, 0.2) is 18.2 Å². The maximum absolute atomic E-state index is 13.4. The molecule has 0 bridgehead atoms. The first-order chi connectivity index (χ1) is 11.3. The summed E-state index contributed by atoms with van der Waals surface area (Å²) in [5.41, 5.74) is 0.392. The fourth-order valence-electron chi connectivity index (χ4n) is 1.75. The summed E-state index contributed by atoms with van der Waals surface area (Å²) in [7, 11) is 0. The lowest BCUT2D eigenvalue weighted by Crippen LogP contribution is -2.20. The quantitative estimate of drug-likeness (QED) is 0.804. The van der Waals surface area contributed by atoms with Crippen molar-refractivity contribution in [2.75, 3.05) is 17.2 Å². The van der Waals surface area contributed by atoms with Gasteiger partial charge in [0.1, 0.15) is 17.4 Å². The highest BCUT2D eigenvalue weighted by Crippen LogP contribution is 2.26. The van der Waals surface area contributed by atoms with Crippen LogP contribution < -0.4 is 15.4 Å². The summed E-state index contributed by atoms with van der Waals surface area (Å²) in [5.74, 6) is 1.02. The zero-order valence-corrected chi connectivity index (χ0v) is 14.9. The molecule has 8 heteroatoms. The number of hydrogen-bond acceptors (Lipinski definition) is 5. The molecule has 0 fully saturated rings. The van der Waals surface area contributed by atoms with Crippen LogP contribution in [-0.4, -0.2) is 22.0 Å². The van der Waals surface area contributed by atoms with Crippen LogP contribution in [-0.2, 0) is 0 Å². The van der Waals surface area contributed by atoms with E-state index < -0.39 is 11.8 Å². The summed E-state index contributed by atoms with van der Waals surface area (Å²) in [6, 6.07) is 3.49. The normalized spacial score (nSPS) is 11.0. The van der Waals surface area contributed by atoms with Gasteiger partial charge in [-0.25, -0.2) is 14.2 Å². The molecule has 2 aromatic rings. The van der Waals surface area contributed by atoms with E-state index in [0.717, 1.165) is 11.5 Å². The lowest BCUT2D eigenvalue weighted by molar-refractivity contribution is 0.260. The van der Waals surface area contributed by atoms with Gasteiger partial charge in [0.25, 0.3) is 0 Å². The number of carbonyl (C=O) groups is 1. The van der Waals surface area contributed by atoms with Crippen LogP contribution in [0.3, 0.4) is 0 Å². The number of nitrogens with one attached hydrogen (secondary N) is 2. The first-order valence-electron chi connectivity index (χ1n) is 7.69. The van der Waals surface area contributed by atoms with Gasteiger partial charge < -0.3 is 10.1 Å². The predicted molar refractivity (Wildman–Crippen MR) is 93.4 cm³/mol. The molecule has 0 atom stereocenters. The Morgan fingerprint density at radius 1 is 1.29 bits per heavy atom. The van der Waals surface area contributed by atoms with E-state index in [1.165, 1.54) is 18.2 Å². The summed E-state index contributed by atoms with van der Waals surface area (Å²) in [6.45, 7) is 8.35. The maximum atomic E-state index is 13.4. The van der Waals surface area contributed by atoms with Crippen molar-refractivity contribution in [2.24, 2.45) is 5.92 Å². The van der Waals surface area contributed by atoms with Crippen LogP contribution in [0.25, 0.3) is 0 Å². The minimum absolute atomic E-state index is 0.188. The fourth-order valence-corrected chi connectivity index (χ4v) is 2.45. The van der Waals surface area contributed by atoms with E-state index in [2.05, 4.69) is 20.0 Å². The number of rotatable bonds is 6. The molecular weight excluding hydrogens is 331 g/mol. The third kappa shape index (κ3) is 5.16. The minimum Gasteiger partial charge on any atom is -0.491 e. The van der Waals surface area contributed by atoms with Gasteiger partial charge >= 0.3 is 6.03 Å². The molecule has 0 radical (unpaired) electrons. The van der Waals surface area contributed by atoms with Crippen LogP contribution >= 0.6 is 11.5 Å². The molecule has 2 N–H and O–H groups in total. The Balaban J connectivity index is 2.04. The number of anilines is 2. The van der Waals surface area contributed by atoms with E-state index in [1.807, 2.05) is 27.7 Å². The van der Waals surface area contributed by atoms with Crippen molar-refractivity contribution in [3.05, 3.63) is 29.8 Å². The van der Waals surface area contributed by atoms with Crippen LogP contribution in [0.1, 0.15) is 39.4 Å². The molecular formula is C16H21FN4O2S. The van der Waals surface area contributed by atoms with E-state index >= 15 is 0 Å². The standard InChI is InChI=1S/C16H21FN4O2S/c1-9(2)8-23-13-7-11(17)5-6-12(13)18-15(22)20-16-19-14(10(3)4)21-24-16/h5-7,9-10H,8H2,1-4H3,(H2,18,19,20,21,22). The lowest BCUT2D eigenvalue weighted by atomic mass is 10.2. The number of urea groups is 1. The predicted octanol–water partition coefficient (Wildman–Crippen LogP) is 4.48. The number of amides is 2. The second kappa shape index (κ2) is 8.05. The first kappa shape index (κ1) is 18.1. The third-order valence-electron chi connectivity index (χ3n) is 2.94. The molecule has 0 aliphatic heterocycles. The molecule has 2 rings (SSSR count). The molecule has 0 aliphatic carbocycles. The molecule has 0 unspecified atom stereocenters. The second-order valence-corrected chi connectivity index (χ2v) is 6.79. The Labute approximate surface area is 144 Å². The molecule has 1 aromatic heterocycles. The average Bonchev–Trinajstić information content (AvgIpc) is 2.96. The molecule has 130 valence electrons. The number of nitrogens with zero attached hydrogens (tertiary/aromatic N) is 2. The molecule has 1 heterocycles. The molecule has 0 spiro atoms. The SMILES string of the molecule is CC(C)COc1cc(F)ccc1NC(=O)Nc1nc(C(C)C)ns1. The fraction of sp³-hybridized carbons (Fsp3) is 0.438. The van der Waals surface area contributed by atoms with Gasteiger partial charge in [-0.2, -0.15) is 4.37 Å². The van der Waals surface area contributed by atoms with Crippen LogP contribution in [0.5, 0.6) is 5.75 Å². The summed E-state index contributed by atoms with van der Waals surface area (Å²) in [5, 5.41) is 5.67. The van der Waals surface area contributed by atoms with Gasteiger partial charge in [0, 0.05) is 23.5 Å². The minimum atomic E-state index is -0.484. The van der Waals surface area contributed by atoms with Gasteiger partial charge in [0.05, 0.1) is 12.3 Å². The largest absolute Gasteiger partial charge is 0.491 e. The maximum Gasteiger partial charge on any atom is 0.325 e. The van der Waals surface area contributed by atoms with Crippen molar-refractivity contribution in [1.29, 1.82) is 0 Å². The van der Waals surface area contributed by atoms with Crippen molar-refractivity contribution in [3.63, 3.8) is 0 Å². The number of benzene rings is 1. The van der Waals surface area contributed by atoms with E-state index in [0.29, 0.717) is 29.0 Å². The highest BCUT2D eigenvalue weighted by atomic mass is 32.1. The summed E-state index contributed by atoms with van der Waals surface area (Å²) < 4.78 is 23.1. The Kier molecular flexibility index (Phi) is 6.08. The monoisotopic (exact) mass is 352 g/mol. The number of aromatic nitrogens is 2. The third-order valence-corrected chi connectivity index (χ3v) is 3.59. The van der Waals surface area contributed by atoms with Gasteiger partial charge in [0.15, 0.2) is 0 Å². The zero-order chi connectivity index (χ0) is 17.7. The van der Waals surface area contributed by atoms with Crippen molar-refractivity contribution < 1.29 is 13.9 Å². The summed E-state index contributed by atoms with van der Waals surface area (Å²) in [4.78, 5) is 16.3. The van der Waals surface area contributed by atoms with Crippen molar-refractivity contribution in [3.8, 4) is 5.75 Å². The zero-order valence-electron chi connectivity index (χ0n) is 14.1. The Hall–Kier alpha value is -2.22. The van der Waals surface area contributed by atoms with Gasteiger partial charge in [-0.15, -0.1) is 0 Å². The molecule has 2 amide bonds. The van der Waals surface area contributed by atoms with Crippen molar-refractivity contribution >= 4 is 28.4 Å². The molecule has 0 saturated heterocycles. The van der Waals surface area contributed by atoms with Crippen molar-refractivity contribution in [1.82, 2.24) is 9.36 Å². The van der Waals surface area contributed by atoms with Crippen LogP contribution in [0.2, 0.25) is 0 Å². The summed E-state index contributed by atoms with van der Waals surface area (Å²) in [6.07, 6.45) is 0. The number of hydrogen-bond donors (Lipinski definition) is 2. The Bertz CT molecular complexity index is 703. The molecule has 6 nitrogen and oxygen atoms in total. The number of ether oxygens (including phenoxy) is 1. The molecule has 0 aliphatic rings. The topological polar surface area (TPSA) is 76.1 Å². The van der Waals surface area contributed by atoms with Gasteiger partial charge in [-0.1, -0.05) is 27.7 Å². The van der Waals surface area contributed by atoms with E-state index in [9.17, 15) is 9.18 Å². The van der Waals surface area contributed by atoms with Crippen LogP contribution in [0, 0.1) is 11.7 Å². The highest BCUT2D eigenvalue weighted by molar-refractivity contribution is 7.09. The highest BCUT2D eigenvalue weighted by Gasteiger charge is 2.13. The number of halogens is 1. The van der Waals surface area contributed by atoms with E-state index in [1.54, 1.807) is 0 Å². The van der Waals surface area contributed by atoms with Gasteiger partial charge in [-0.3, -0.25) is 5.32 Å².